The van der Waals surface area contributed by atoms with E-state index in [2.05, 4.69) is 18.8 Å². The average Bonchev–Trinajstić information content (AvgIpc) is 2.98. The molecule has 1 aromatic rings. The normalized spacial score (nSPS) is 17.8. The molecule has 0 aromatic carbocycles. The smallest absolute Gasteiger partial charge is 0.315 e. The van der Waals surface area contributed by atoms with Crippen molar-refractivity contribution in [3.63, 3.8) is 0 Å². The van der Waals surface area contributed by atoms with Gasteiger partial charge in [-0.25, -0.2) is 0 Å². The Kier molecular flexibility index (Phi) is 2.25. The van der Waals surface area contributed by atoms with Crippen LogP contribution < -0.4 is 0 Å². The van der Waals surface area contributed by atoms with Gasteiger partial charge in [-0.1, -0.05) is 19.9 Å². The third-order valence-corrected chi connectivity index (χ3v) is 3.07. The lowest BCUT2D eigenvalue weighted by molar-refractivity contribution is -0.140. The van der Waals surface area contributed by atoms with E-state index in [9.17, 15) is 9.90 Å². The van der Waals surface area contributed by atoms with Crippen molar-refractivity contribution in [2.75, 3.05) is 0 Å². The predicted octanol–water partition coefficient (Wildman–Crippen LogP) is 2.32. The SMILES string of the molecule is CC(C)c1cccnc1C1(C(=O)O)CC1. The highest BCUT2D eigenvalue weighted by molar-refractivity contribution is 5.84. The maximum atomic E-state index is 11.2. The van der Waals surface area contributed by atoms with Gasteiger partial charge in [0.2, 0.25) is 0 Å². The number of hydrogen-bond donors (Lipinski definition) is 1. The molecule has 1 aliphatic rings. The molecule has 1 N–H and O–H groups in total. The molecule has 3 heteroatoms. The Hall–Kier alpha value is -1.38. The van der Waals surface area contributed by atoms with Crippen LogP contribution in [-0.4, -0.2) is 16.1 Å². The van der Waals surface area contributed by atoms with E-state index in [-0.39, 0.29) is 0 Å². The van der Waals surface area contributed by atoms with Gasteiger partial charge >= 0.3 is 5.97 Å². The van der Waals surface area contributed by atoms with Crippen molar-refractivity contribution in [2.24, 2.45) is 0 Å². The second-order valence-electron chi connectivity index (χ2n) is 4.48. The van der Waals surface area contributed by atoms with E-state index in [0.29, 0.717) is 5.92 Å². The fraction of sp³-hybridized carbons (Fsp3) is 0.500. The van der Waals surface area contributed by atoms with Crippen molar-refractivity contribution in [3.05, 3.63) is 29.6 Å². The van der Waals surface area contributed by atoms with Crippen LogP contribution in [0.2, 0.25) is 0 Å². The molecule has 1 saturated carbocycles. The summed E-state index contributed by atoms with van der Waals surface area (Å²) in [5.41, 5.74) is 1.16. The molecule has 1 aliphatic carbocycles. The van der Waals surface area contributed by atoms with Crippen molar-refractivity contribution in [1.82, 2.24) is 4.98 Å². The molecular weight excluding hydrogens is 190 g/mol. The van der Waals surface area contributed by atoms with Crippen LogP contribution in [0, 0.1) is 0 Å². The van der Waals surface area contributed by atoms with Gasteiger partial charge in [-0.15, -0.1) is 0 Å². The Morgan fingerprint density at radius 3 is 2.67 bits per heavy atom. The lowest BCUT2D eigenvalue weighted by Crippen LogP contribution is -2.23. The lowest BCUT2D eigenvalue weighted by atomic mass is 9.91. The summed E-state index contributed by atoms with van der Waals surface area (Å²) in [5.74, 6) is -0.409. The quantitative estimate of drug-likeness (QED) is 0.823. The predicted molar refractivity (Wildman–Crippen MR) is 56.9 cm³/mol. The molecule has 1 fully saturated rings. The number of aliphatic carboxylic acids is 1. The van der Waals surface area contributed by atoms with Crippen LogP contribution in [0.1, 0.15) is 43.9 Å². The standard InChI is InChI=1S/C12H15NO2/c1-8(2)9-4-3-7-13-10(9)12(5-6-12)11(14)15/h3-4,7-8H,5-6H2,1-2H3,(H,14,15). The first-order valence-electron chi connectivity index (χ1n) is 5.27. The third-order valence-electron chi connectivity index (χ3n) is 3.07. The van der Waals surface area contributed by atoms with Crippen molar-refractivity contribution in [2.45, 2.75) is 38.0 Å². The summed E-state index contributed by atoms with van der Waals surface area (Å²) >= 11 is 0. The first-order chi connectivity index (χ1) is 7.08. The first-order valence-corrected chi connectivity index (χ1v) is 5.27. The zero-order chi connectivity index (χ0) is 11.1. The van der Waals surface area contributed by atoms with E-state index in [1.165, 1.54) is 0 Å². The van der Waals surface area contributed by atoms with Gasteiger partial charge in [-0.05, 0) is 30.4 Å². The Morgan fingerprint density at radius 2 is 2.20 bits per heavy atom. The monoisotopic (exact) mass is 205 g/mol. The van der Waals surface area contributed by atoms with Crippen LogP contribution in [-0.2, 0) is 10.2 Å². The zero-order valence-electron chi connectivity index (χ0n) is 9.03. The van der Waals surface area contributed by atoms with E-state index in [0.717, 1.165) is 24.1 Å². The minimum Gasteiger partial charge on any atom is -0.481 e. The van der Waals surface area contributed by atoms with Crippen LogP contribution in [0.4, 0.5) is 0 Å². The second-order valence-corrected chi connectivity index (χ2v) is 4.48. The van der Waals surface area contributed by atoms with Crippen molar-refractivity contribution in [1.29, 1.82) is 0 Å². The minimum atomic E-state index is -0.733. The molecule has 15 heavy (non-hydrogen) atoms. The Bertz CT molecular complexity index is 394. The molecule has 0 bridgehead atoms. The number of aromatic nitrogens is 1. The fourth-order valence-corrected chi connectivity index (χ4v) is 1.96. The van der Waals surface area contributed by atoms with Gasteiger partial charge < -0.3 is 5.11 Å². The molecule has 0 atom stereocenters. The number of hydrogen-bond acceptors (Lipinski definition) is 2. The maximum absolute atomic E-state index is 11.2. The topological polar surface area (TPSA) is 50.2 Å². The molecule has 3 nitrogen and oxygen atoms in total. The molecule has 2 rings (SSSR count). The largest absolute Gasteiger partial charge is 0.481 e. The van der Waals surface area contributed by atoms with Crippen LogP contribution in [0.3, 0.4) is 0 Å². The summed E-state index contributed by atoms with van der Waals surface area (Å²) in [6.45, 7) is 4.14. The molecule has 0 radical (unpaired) electrons. The highest BCUT2D eigenvalue weighted by Crippen LogP contribution is 2.49. The Morgan fingerprint density at radius 1 is 1.53 bits per heavy atom. The summed E-state index contributed by atoms with van der Waals surface area (Å²) in [5, 5.41) is 9.22. The summed E-state index contributed by atoms with van der Waals surface area (Å²) in [6, 6.07) is 3.85. The fourth-order valence-electron chi connectivity index (χ4n) is 1.96. The van der Waals surface area contributed by atoms with E-state index in [4.69, 9.17) is 0 Å². The number of nitrogens with zero attached hydrogens (tertiary/aromatic N) is 1. The second kappa shape index (κ2) is 3.33. The van der Waals surface area contributed by atoms with Gasteiger partial charge in [0, 0.05) is 6.20 Å². The molecule has 0 aliphatic heterocycles. The average molecular weight is 205 g/mol. The number of carboxylic acids is 1. The summed E-state index contributed by atoms with van der Waals surface area (Å²) < 4.78 is 0. The number of pyridine rings is 1. The Balaban J connectivity index is 2.49. The first kappa shape index (κ1) is 10.1. The van der Waals surface area contributed by atoms with Crippen LogP contribution in [0.15, 0.2) is 18.3 Å². The van der Waals surface area contributed by atoms with E-state index in [1.54, 1.807) is 6.20 Å². The Labute approximate surface area is 89.2 Å². The summed E-state index contributed by atoms with van der Waals surface area (Å²) in [7, 11) is 0. The van der Waals surface area contributed by atoms with Crippen LogP contribution in [0.25, 0.3) is 0 Å². The van der Waals surface area contributed by atoms with Gasteiger partial charge in [-0.2, -0.15) is 0 Å². The molecular formula is C12H15NO2. The highest BCUT2D eigenvalue weighted by atomic mass is 16.4. The van der Waals surface area contributed by atoms with Gasteiger partial charge in [0.25, 0.3) is 0 Å². The van der Waals surface area contributed by atoms with Gasteiger partial charge in [0.05, 0.1) is 5.69 Å². The van der Waals surface area contributed by atoms with Crippen molar-refractivity contribution < 1.29 is 9.90 Å². The number of carboxylic acid groups (broad SMARTS) is 1. The van der Waals surface area contributed by atoms with Gasteiger partial charge in [0.1, 0.15) is 5.41 Å². The lowest BCUT2D eigenvalue weighted by Gasteiger charge is -2.16. The van der Waals surface area contributed by atoms with E-state index in [1.807, 2.05) is 12.1 Å². The van der Waals surface area contributed by atoms with Crippen LogP contribution in [0.5, 0.6) is 0 Å². The van der Waals surface area contributed by atoms with Crippen LogP contribution >= 0.6 is 0 Å². The number of rotatable bonds is 3. The molecule has 80 valence electrons. The molecule has 0 amide bonds. The van der Waals surface area contributed by atoms with Gasteiger partial charge in [0.15, 0.2) is 0 Å². The molecule has 0 unspecified atom stereocenters. The minimum absolute atomic E-state index is 0.325. The third kappa shape index (κ3) is 1.52. The van der Waals surface area contributed by atoms with E-state index >= 15 is 0 Å². The molecule has 1 aromatic heterocycles. The highest BCUT2D eigenvalue weighted by Gasteiger charge is 2.54. The molecule has 0 spiro atoms. The number of carbonyl (C=O) groups is 1. The van der Waals surface area contributed by atoms with Crippen molar-refractivity contribution in [3.8, 4) is 0 Å². The summed E-state index contributed by atoms with van der Waals surface area (Å²) in [4.78, 5) is 15.5. The van der Waals surface area contributed by atoms with Gasteiger partial charge in [-0.3, -0.25) is 9.78 Å². The van der Waals surface area contributed by atoms with E-state index < -0.39 is 11.4 Å². The molecule has 1 heterocycles. The molecule has 0 saturated heterocycles. The summed E-state index contributed by atoms with van der Waals surface area (Å²) in [6.07, 6.45) is 3.13. The maximum Gasteiger partial charge on any atom is 0.315 e. The van der Waals surface area contributed by atoms with Crippen molar-refractivity contribution >= 4 is 5.97 Å². The zero-order valence-corrected chi connectivity index (χ0v) is 9.03.